The van der Waals surface area contributed by atoms with E-state index >= 15 is 0 Å². The Labute approximate surface area is 95.3 Å². The molecule has 0 bridgehead atoms. The Morgan fingerprint density at radius 1 is 1.62 bits per heavy atom. The van der Waals surface area contributed by atoms with Crippen molar-refractivity contribution in [2.75, 3.05) is 13.7 Å². The third-order valence-electron chi connectivity index (χ3n) is 2.10. The molecule has 0 unspecified atom stereocenters. The first-order valence-corrected chi connectivity index (χ1v) is 5.05. The van der Waals surface area contributed by atoms with Crippen molar-refractivity contribution in [2.45, 2.75) is 13.8 Å². The van der Waals surface area contributed by atoms with Gasteiger partial charge in [-0.25, -0.2) is 4.98 Å². The zero-order valence-electron chi connectivity index (χ0n) is 9.78. The van der Waals surface area contributed by atoms with Crippen LogP contribution >= 0.6 is 0 Å². The molecule has 1 amide bonds. The van der Waals surface area contributed by atoms with Gasteiger partial charge in [-0.3, -0.25) is 4.79 Å². The Morgan fingerprint density at radius 2 is 2.38 bits per heavy atom. The number of hydrogen-bond donors (Lipinski definition) is 1. The maximum absolute atomic E-state index is 10.6. The summed E-state index contributed by atoms with van der Waals surface area (Å²) in [5, 5.41) is 2.69. The van der Waals surface area contributed by atoms with E-state index in [9.17, 15) is 4.79 Å². The van der Waals surface area contributed by atoms with Crippen molar-refractivity contribution in [2.24, 2.45) is 0 Å². The molecule has 0 aliphatic carbocycles. The summed E-state index contributed by atoms with van der Waals surface area (Å²) in [6.45, 7) is 4.01. The molecule has 0 radical (unpaired) electrons. The zero-order chi connectivity index (χ0) is 12.0. The van der Waals surface area contributed by atoms with Crippen LogP contribution < -0.4 is 10.1 Å². The van der Waals surface area contributed by atoms with E-state index in [-0.39, 0.29) is 5.91 Å². The van der Waals surface area contributed by atoms with Gasteiger partial charge >= 0.3 is 0 Å². The SMILES string of the molecule is COc1cc(C)c(C=CCNC(C)=O)cn1. The highest BCUT2D eigenvalue weighted by Gasteiger charge is 1.97. The average molecular weight is 220 g/mol. The summed E-state index contributed by atoms with van der Waals surface area (Å²) in [6, 6.07) is 1.87. The number of nitrogens with one attached hydrogen (secondary N) is 1. The van der Waals surface area contributed by atoms with Gasteiger partial charge in [0, 0.05) is 25.7 Å². The molecule has 0 saturated carbocycles. The lowest BCUT2D eigenvalue weighted by molar-refractivity contribution is -0.118. The number of carbonyl (C=O) groups excluding carboxylic acids is 1. The summed E-state index contributed by atoms with van der Waals surface area (Å²) >= 11 is 0. The monoisotopic (exact) mass is 220 g/mol. The lowest BCUT2D eigenvalue weighted by Gasteiger charge is -2.03. The zero-order valence-corrected chi connectivity index (χ0v) is 9.78. The fourth-order valence-electron chi connectivity index (χ4n) is 1.22. The van der Waals surface area contributed by atoms with Crippen LogP contribution in [-0.2, 0) is 4.79 Å². The summed E-state index contributed by atoms with van der Waals surface area (Å²) < 4.78 is 5.01. The molecule has 4 nitrogen and oxygen atoms in total. The minimum absolute atomic E-state index is 0.0331. The Kier molecular flexibility index (Phi) is 4.51. The Bertz CT molecular complexity index is 400. The molecule has 1 N–H and O–H groups in total. The molecule has 4 heteroatoms. The fourth-order valence-corrected chi connectivity index (χ4v) is 1.22. The van der Waals surface area contributed by atoms with Gasteiger partial charge in [0.15, 0.2) is 0 Å². The van der Waals surface area contributed by atoms with E-state index in [0.717, 1.165) is 11.1 Å². The van der Waals surface area contributed by atoms with Gasteiger partial charge in [0.1, 0.15) is 0 Å². The molecular formula is C12H16N2O2. The second kappa shape index (κ2) is 5.90. The van der Waals surface area contributed by atoms with Gasteiger partial charge < -0.3 is 10.1 Å². The van der Waals surface area contributed by atoms with E-state index in [4.69, 9.17) is 4.74 Å². The van der Waals surface area contributed by atoms with Crippen molar-refractivity contribution in [1.82, 2.24) is 10.3 Å². The minimum atomic E-state index is -0.0331. The van der Waals surface area contributed by atoms with Gasteiger partial charge in [0.2, 0.25) is 11.8 Å². The van der Waals surface area contributed by atoms with Gasteiger partial charge in [-0.15, -0.1) is 0 Å². The molecule has 1 aromatic heterocycles. The molecule has 1 aromatic rings. The number of aromatic nitrogens is 1. The predicted molar refractivity (Wildman–Crippen MR) is 63.2 cm³/mol. The first-order chi connectivity index (χ1) is 7.63. The second-order valence-electron chi connectivity index (χ2n) is 3.42. The number of rotatable bonds is 4. The third-order valence-corrected chi connectivity index (χ3v) is 2.10. The Hall–Kier alpha value is -1.84. The number of ether oxygens (including phenoxy) is 1. The van der Waals surface area contributed by atoms with Crippen LogP contribution in [0, 0.1) is 6.92 Å². The van der Waals surface area contributed by atoms with Crippen LogP contribution in [0.4, 0.5) is 0 Å². The van der Waals surface area contributed by atoms with Gasteiger partial charge in [0.25, 0.3) is 0 Å². The van der Waals surface area contributed by atoms with Crippen LogP contribution in [0.25, 0.3) is 6.08 Å². The van der Waals surface area contributed by atoms with E-state index in [1.165, 1.54) is 6.92 Å². The van der Waals surface area contributed by atoms with Gasteiger partial charge in [-0.05, 0) is 18.1 Å². The lowest BCUT2D eigenvalue weighted by Crippen LogP contribution is -2.19. The summed E-state index contributed by atoms with van der Waals surface area (Å²) in [7, 11) is 1.59. The van der Waals surface area contributed by atoms with E-state index in [1.807, 2.05) is 25.1 Å². The molecule has 16 heavy (non-hydrogen) atoms. The first kappa shape index (κ1) is 12.2. The maximum Gasteiger partial charge on any atom is 0.217 e. The van der Waals surface area contributed by atoms with Crippen LogP contribution in [0.15, 0.2) is 18.3 Å². The topological polar surface area (TPSA) is 51.2 Å². The van der Waals surface area contributed by atoms with Crippen LogP contribution in [0.3, 0.4) is 0 Å². The Morgan fingerprint density at radius 3 is 2.94 bits per heavy atom. The second-order valence-corrected chi connectivity index (χ2v) is 3.42. The lowest BCUT2D eigenvalue weighted by atomic mass is 10.1. The van der Waals surface area contributed by atoms with E-state index in [0.29, 0.717) is 12.4 Å². The molecule has 0 atom stereocenters. The molecular weight excluding hydrogens is 204 g/mol. The van der Waals surface area contributed by atoms with Gasteiger partial charge in [-0.2, -0.15) is 0 Å². The quantitative estimate of drug-likeness (QED) is 0.837. The summed E-state index contributed by atoms with van der Waals surface area (Å²) in [6.07, 6.45) is 5.56. The first-order valence-electron chi connectivity index (χ1n) is 5.05. The molecule has 86 valence electrons. The van der Waals surface area contributed by atoms with Gasteiger partial charge in [0.05, 0.1) is 7.11 Å². The fraction of sp³-hybridized carbons (Fsp3) is 0.333. The van der Waals surface area contributed by atoms with Crippen molar-refractivity contribution in [1.29, 1.82) is 0 Å². The Balaban J connectivity index is 2.63. The largest absolute Gasteiger partial charge is 0.481 e. The molecule has 0 spiro atoms. The number of aryl methyl sites for hydroxylation is 1. The predicted octanol–water partition coefficient (Wildman–Crippen LogP) is 1.55. The number of pyridine rings is 1. The molecule has 0 fully saturated rings. The summed E-state index contributed by atoms with van der Waals surface area (Å²) in [5.74, 6) is 0.575. The maximum atomic E-state index is 10.6. The highest BCUT2D eigenvalue weighted by molar-refractivity contribution is 5.73. The highest BCUT2D eigenvalue weighted by atomic mass is 16.5. The van der Waals surface area contributed by atoms with Crippen molar-refractivity contribution in [3.05, 3.63) is 29.5 Å². The van der Waals surface area contributed by atoms with Crippen LogP contribution in [0.2, 0.25) is 0 Å². The smallest absolute Gasteiger partial charge is 0.217 e. The molecule has 0 aliphatic heterocycles. The van der Waals surface area contributed by atoms with E-state index < -0.39 is 0 Å². The number of carbonyl (C=O) groups is 1. The van der Waals surface area contributed by atoms with Crippen LogP contribution in [0.1, 0.15) is 18.1 Å². The third kappa shape index (κ3) is 3.73. The van der Waals surface area contributed by atoms with E-state index in [1.54, 1.807) is 13.3 Å². The van der Waals surface area contributed by atoms with Crippen LogP contribution in [0.5, 0.6) is 5.88 Å². The van der Waals surface area contributed by atoms with Crippen molar-refractivity contribution in [3.63, 3.8) is 0 Å². The van der Waals surface area contributed by atoms with E-state index in [2.05, 4.69) is 10.3 Å². The molecule has 0 aromatic carbocycles. The number of amides is 1. The standard InChI is InChI=1S/C12H16N2O2/c1-9-7-12(16-3)14-8-11(9)5-4-6-13-10(2)15/h4-5,7-8H,6H2,1-3H3,(H,13,15). The summed E-state index contributed by atoms with van der Waals surface area (Å²) in [5.41, 5.74) is 2.11. The van der Waals surface area contributed by atoms with Crippen molar-refractivity contribution < 1.29 is 9.53 Å². The molecule has 1 heterocycles. The number of nitrogens with zero attached hydrogens (tertiary/aromatic N) is 1. The van der Waals surface area contributed by atoms with Crippen molar-refractivity contribution in [3.8, 4) is 5.88 Å². The molecule has 0 aliphatic rings. The normalized spacial score (nSPS) is 10.4. The van der Waals surface area contributed by atoms with Gasteiger partial charge in [-0.1, -0.05) is 12.2 Å². The van der Waals surface area contributed by atoms with Crippen molar-refractivity contribution >= 4 is 12.0 Å². The average Bonchev–Trinajstić information content (AvgIpc) is 2.25. The highest BCUT2D eigenvalue weighted by Crippen LogP contribution is 2.14. The molecule has 1 rings (SSSR count). The van der Waals surface area contributed by atoms with Crippen LogP contribution in [-0.4, -0.2) is 24.5 Å². The minimum Gasteiger partial charge on any atom is -0.481 e. The molecule has 0 saturated heterocycles. The summed E-state index contributed by atoms with van der Waals surface area (Å²) in [4.78, 5) is 14.7. The number of hydrogen-bond acceptors (Lipinski definition) is 3. The number of methoxy groups -OCH3 is 1.